The van der Waals surface area contributed by atoms with Crippen LogP contribution in [0, 0.1) is 0 Å². The third-order valence-corrected chi connectivity index (χ3v) is 4.62. The summed E-state index contributed by atoms with van der Waals surface area (Å²) in [6.45, 7) is 4.21. The molecule has 5 heteroatoms. The molecule has 1 aliphatic rings. The molecule has 1 atom stereocenters. The van der Waals surface area contributed by atoms with Gasteiger partial charge in [-0.3, -0.25) is 4.68 Å². The number of rotatable bonds is 2. The molecule has 1 fully saturated rings. The van der Waals surface area contributed by atoms with Gasteiger partial charge in [-0.2, -0.15) is 5.10 Å². The fourth-order valence-electron chi connectivity index (χ4n) is 1.83. The third-order valence-electron chi connectivity index (χ3n) is 2.87. The molecule has 0 bridgehead atoms. The zero-order valence-electron chi connectivity index (χ0n) is 9.05. The summed E-state index contributed by atoms with van der Waals surface area (Å²) in [5.74, 6) is 0.984. The fourth-order valence-corrected chi connectivity index (χ4v) is 3.54. The van der Waals surface area contributed by atoms with Crippen LogP contribution in [0.1, 0.15) is 37.8 Å². The van der Waals surface area contributed by atoms with Gasteiger partial charge in [0.25, 0.3) is 0 Å². The standard InChI is InChI=1S/C10H16N2O2S/c1-8(2)9-5-11-12(6-9)10-3-4-15(13,14)7-10/h5-6,8,10H,3-4,7H2,1-2H3. The molecule has 0 saturated carbocycles. The first-order valence-corrected chi connectivity index (χ1v) is 7.04. The lowest BCUT2D eigenvalue weighted by Crippen LogP contribution is -2.11. The van der Waals surface area contributed by atoms with E-state index in [1.165, 1.54) is 5.56 Å². The average Bonchev–Trinajstić information content (AvgIpc) is 2.70. The van der Waals surface area contributed by atoms with Gasteiger partial charge in [0.1, 0.15) is 0 Å². The Labute approximate surface area is 90.2 Å². The summed E-state index contributed by atoms with van der Waals surface area (Å²) in [7, 11) is -2.82. The largest absolute Gasteiger partial charge is 0.268 e. The lowest BCUT2D eigenvalue weighted by atomic mass is 10.1. The minimum atomic E-state index is -2.82. The van der Waals surface area contributed by atoms with Gasteiger partial charge in [0.05, 0.1) is 23.7 Å². The van der Waals surface area contributed by atoms with Gasteiger partial charge in [-0.1, -0.05) is 13.8 Å². The Balaban J connectivity index is 2.17. The van der Waals surface area contributed by atoms with E-state index in [1.54, 1.807) is 4.68 Å². The maximum absolute atomic E-state index is 11.3. The second kappa shape index (κ2) is 3.63. The van der Waals surface area contributed by atoms with Crippen LogP contribution in [0.3, 0.4) is 0 Å². The molecule has 0 spiro atoms. The van der Waals surface area contributed by atoms with E-state index in [0.717, 1.165) is 0 Å². The van der Waals surface area contributed by atoms with Crippen LogP contribution in [0.2, 0.25) is 0 Å². The van der Waals surface area contributed by atoms with E-state index in [0.29, 0.717) is 18.1 Å². The summed E-state index contributed by atoms with van der Waals surface area (Å²) in [5.41, 5.74) is 1.17. The van der Waals surface area contributed by atoms with Gasteiger partial charge in [0.15, 0.2) is 9.84 Å². The Hall–Kier alpha value is -0.840. The Bertz CT molecular complexity index is 448. The van der Waals surface area contributed by atoms with Crippen molar-refractivity contribution in [1.82, 2.24) is 9.78 Å². The van der Waals surface area contributed by atoms with Crippen molar-refractivity contribution < 1.29 is 8.42 Å². The molecule has 1 unspecified atom stereocenters. The highest BCUT2D eigenvalue weighted by atomic mass is 32.2. The van der Waals surface area contributed by atoms with Crippen LogP contribution in [-0.4, -0.2) is 29.7 Å². The first kappa shape index (κ1) is 10.7. The van der Waals surface area contributed by atoms with Crippen molar-refractivity contribution in [3.8, 4) is 0 Å². The summed E-state index contributed by atoms with van der Waals surface area (Å²) in [5, 5.41) is 4.24. The SMILES string of the molecule is CC(C)c1cnn(C2CCS(=O)(=O)C2)c1. The number of sulfone groups is 1. The van der Waals surface area contributed by atoms with Gasteiger partial charge in [-0.25, -0.2) is 8.42 Å². The molecule has 1 aliphatic heterocycles. The van der Waals surface area contributed by atoms with Crippen molar-refractivity contribution in [2.24, 2.45) is 0 Å². The van der Waals surface area contributed by atoms with Gasteiger partial charge in [0.2, 0.25) is 0 Å². The normalized spacial score (nSPS) is 24.9. The molecule has 0 aliphatic carbocycles. The zero-order valence-corrected chi connectivity index (χ0v) is 9.87. The molecular formula is C10H16N2O2S. The number of hydrogen-bond donors (Lipinski definition) is 0. The maximum Gasteiger partial charge on any atom is 0.152 e. The maximum atomic E-state index is 11.3. The Morgan fingerprint density at radius 1 is 1.53 bits per heavy atom. The monoisotopic (exact) mass is 228 g/mol. The highest BCUT2D eigenvalue weighted by Crippen LogP contribution is 2.24. The first-order valence-electron chi connectivity index (χ1n) is 5.22. The topological polar surface area (TPSA) is 52.0 Å². The van der Waals surface area contributed by atoms with E-state index >= 15 is 0 Å². The van der Waals surface area contributed by atoms with Crippen molar-refractivity contribution in [2.75, 3.05) is 11.5 Å². The highest BCUT2D eigenvalue weighted by molar-refractivity contribution is 7.91. The van der Waals surface area contributed by atoms with Gasteiger partial charge < -0.3 is 0 Å². The van der Waals surface area contributed by atoms with Gasteiger partial charge >= 0.3 is 0 Å². The molecule has 1 saturated heterocycles. The molecule has 2 heterocycles. The molecule has 15 heavy (non-hydrogen) atoms. The molecule has 2 rings (SSSR count). The Kier molecular flexibility index (Phi) is 2.58. The predicted octanol–water partition coefficient (Wildman–Crippen LogP) is 1.37. The molecule has 0 N–H and O–H groups in total. The molecular weight excluding hydrogens is 212 g/mol. The first-order chi connectivity index (χ1) is 6.98. The average molecular weight is 228 g/mol. The fraction of sp³-hybridized carbons (Fsp3) is 0.700. The van der Waals surface area contributed by atoms with E-state index in [9.17, 15) is 8.42 Å². The van der Waals surface area contributed by atoms with Crippen LogP contribution < -0.4 is 0 Å². The second-order valence-corrected chi connectivity index (χ2v) is 6.69. The quantitative estimate of drug-likeness (QED) is 0.768. The van der Waals surface area contributed by atoms with Crippen molar-refractivity contribution in [3.63, 3.8) is 0 Å². The van der Waals surface area contributed by atoms with Crippen LogP contribution in [0.25, 0.3) is 0 Å². The van der Waals surface area contributed by atoms with E-state index in [1.807, 2.05) is 12.4 Å². The van der Waals surface area contributed by atoms with Crippen molar-refractivity contribution in [2.45, 2.75) is 32.2 Å². The van der Waals surface area contributed by atoms with E-state index < -0.39 is 9.84 Å². The van der Waals surface area contributed by atoms with Crippen LogP contribution in [-0.2, 0) is 9.84 Å². The lowest BCUT2D eigenvalue weighted by molar-refractivity contribution is 0.499. The lowest BCUT2D eigenvalue weighted by Gasteiger charge is -2.07. The Morgan fingerprint density at radius 3 is 2.73 bits per heavy atom. The minimum Gasteiger partial charge on any atom is -0.268 e. The van der Waals surface area contributed by atoms with E-state index in [2.05, 4.69) is 18.9 Å². The summed E-state index contributed by atoms with van der Waals surface area (Å²) in [4.78, 5) is 0. The highest BCUT2D eigenvalue weighted by Gasteiger charge is 2.29. The molecule has 1 aromatic rings. The molecule has 4 nitrogen and oxygen atoms in total. The van der Waals surface area contributed by atoms with Crippen LogP contribution in [0.5, 0.6) is 0 Å². The number of nitrogens with zero attached hydrogens (tertiary/aromatic N) is 2. The predicted molar refractivity (Wildman–Crippen MR) is 58.6 cm³/mol. The number of hydrogen-bond acceptors (Lipinski definition) is 3. The molecule has 0 amide bonds. The van der Waals surface area contributed by atoms with Crippen LogP contribution >= 0.6 is 0 Å². The summed E-state index contributed by atoms with van der Waals surface area (Å²) in [6.07, 6.45) is 4.49. The molecule has 1 aromatic heterocycles. The zero-order chi connectivity index (χ0) is 11.1. The van der Waals surface area contributed by atoms with Crippen LogP contribution in [0.15, 0.2) is 12.4 Å². The molecule has 0 aromatic carbocycles. The van der Waals surface area contributed by atoms with Crippen molar-refractivity contribution in [3.05, 3.63) is 18.0 Å². The second-order valence-electron chi connectivity index (χ2n) is 4.47. The van der Waals surface area contributed by atoms with Gasteiger partial charge in [0, 0.05) is 6.20 Å². The van der Waals surface area contributed by atoms with Crippen LogP contribution in [0.4, 0.5) is 0 Å². The Morgan fingerprint density at radius 2 is 2.27 bits per heavy atom. The van der Waals surface area contributed by atoms with Gasteiger partial charge in [-0.15, -0.1) is 0 Å². The number of aromatic nitrogens is 2. The van der Waals surface area contributed by atoms with E-state index in [-0.39, 0.29) is 11.8 Å². The molecule has 0 radical (unpaired) electrons. The summed E-state index contributed by atoms with van der Waals surface area (Å²) in [6, 6.07) is 0.0440. The summed E-state index contributed by atoms with van der Waals surface area (Å²) >= 11 is 0. The van der Waals surface area contributed by atoms with E-state index in [4.69, 9.17) is 0 Å². The minimum absolute atomic E-state index is 0.0440. The van der Waals surface area contributed by atoms with Gasteiger partial charge in [-0.05, 0) is 17.9 Å². The van der Waals surface area contributed by atoms with Crippen molar-refractivity contribution in [1.29, 1.82) is 0 Å². The smallest absolute Gasteiger partial charge is 0.152 e. The molecule has 84 valence electrons. The van der Waals surface area contributed by atoms with Crippen molar-refractivity contribution >= 4 is 9.84 Å². The summed E-state index contributed by atoms with van der Waals surface area (Å²) < 4.78 is 24.4. The third kappa shape index (κ3) is 2.22.